The van der Waals surface area contributed by atoms with Gasteiger partial charge in [0.05, 0.1) is 5.69 Å². The predicted octanol–water partition coefficient (Wildman–Crippen LogP) is 1.01. The molecule has 0 amide bonds. The first kappa shape index (κ1) is 8.80. The zero-order valence-electron chi connectivity index (χ0n) is 7.96. The molecule has 0 aliphatic heterocycles. The summed E-state index contributed by atoms with van der Waals surface area (Å²) in [6.07, 6.45) is 5.43. The van der Waals surface area contributed by atoms with Gasteiger partial charge in [-0.3, -0.25) is 4.98 Å². The molecule has 0 aromatic carbocycles. The van der Waals surface area contributed by atoms with Crippen LogP contribution < -0.4 is 0 Å². The number of hydrogen-bond acceptors (Lipinski definition) is 4. The zero-order valence-corrected chi connectivity index (χ0v) is 7.96. The predicted molar refractivity (Wildman–Crippen MR) is 50.9 cm³/mol. The number of rotatable bonds is 3. The molecule has 2 heterocycles. The van der Waals surface area contributed by atoms with Gasteiger partial charge >= 0.3 is 0 Å². The largest absolute Gasteiger partial charge is 0.261 e. The van der Waals surface area contributed by atoms with E-state index in [0.29, 0.717) is 0 Å². The Bertz CT molecular complexity index is 395. The summed E-state index contributed by atoms with van der Waals surface area (Å²) < 4.78 is 1.63. The molecule has 0 unspecified atom stereocenters. The smallest absolute Gasteiger partial charge is 0.143 e. The molecule has 14 heavy (non-hydrogen) atoms. The monoisotopic (exact) mass is 189 g/mol. The minimum absolute atomic E-state index is 0.952. The van der Waals surface area contributed by atoms with Crippen molar-refractivity contribution in [1.82, 2.24) is 25.2 Å². The van der Waals surface area contributed by atoms with Crippen molar-refractivity contribution in [1.29, 1.82) is 0 Å². The number of aryl methyl sites for hydroxylation is 1. The highest BCUT2D eigenvalue weighted by Gasteiger charge is 1.99. The van der Waals surface area contributed by atoms with Crippen LogP contribution in [0.15, 0.2) is 24.7 Å². The third-order valence-electron chi connectivity index (χ3n) is 1.92. The van der Waals surface area contributed by atoms with Crippen LogP contribution in [0.25, 0.3) is 5.69 Å². The Morgan fingerprint density at radius 2 is 2.36 bits per heavy atom. The molecule has 0 atom stereocenters. The zero-order chi connectivity index (χ0) is 9.80. The van der Waals surface area contributed by atoms with Gasteiger partial charge in [-0.2, -0.15) is 0 Å². The van der Waals surface area contributed by atoms with E-state index < -0.39 is 0 Å². The van der Waals surface area contributed by atoms with Gasteiger partial charge in [-0.25, -0.2) is 4.68 Å². The molecule has 0 bridgehead atoms. The number of nitrogens with zero attached hydrogens (tertiary/aromatic N) is 5. The van der Waals surface area contributed by atoms with Gasteiger partial charge in [-0.05, 0) is 29.0 Å². The lowest BCUT2D eigenvalue weighted by molar-refractivity contribution is 0.782. The van der Waals surface area contributed by atoms with E-state index >= 15 is 0 Å². The van der Waals surface area contributed by atoms with Crippen molar-refractivity contribution in [2.24, 2.45) is 0 Å². The highest BCUT2D eigenvalue weighted by Crippen LogP contribution is 2.07. The molecule has 0 spiro atoms. The van der Waals surface area contributed by atoms with Crippen LogP contribution >= 0.6 is 0 Å². The maximum Gasteiger partial charge on any atom is 0.143 e. The van der Waals surface area contributed by atoms with E-state index in [1.165, 1.54) is 0 Å². The second kappa shape index (κ2) is 3.95. The van der Waals surface area contributed by atoms with Crippen molar-refractivity contribution in [3.05, 3.63) is 30.4 Å². The topological polar surface area (TPSA) is 56.5 Å². The number of aromatic nitrogens is 5. The highest BCUT2D eigenvalue weighted by molar-refractivity contribution is 5.30. The first-order valence-electron chi connectivity index (χ1n) is 4.58. The number of pyridine rings is 1. The van der Waals surface area contributed by atoms with Gasteiger partial charge in [0.1, 0.15) is 6.33 Å². The lowest BCUT2D eigenvalue weighted by Crippen LogP contribution is -1.97. The maximum atomic E-state index is 4.26. The van der Waals surface area contributed by atoms with Crippen LogP contribution in [-0.2, 0) is 6.42 Å². The highest BCUT2D eigenvalue weighted by atomic mass is 15.5. The maximum absolute atomic E-state index is 4.26. The Morgan fingerprint density at radius 3 is 3.07 bits per heavy atom. The van der Waals surface area contributed by atoms with Crippen LogP contribution in [0.1, 0.15) is 19.0 Å². The van der Waals surface area contributed by atoms with Crippen LogP contribution in [0.5, 0.6) is 0 Å². The Morgan fingerprint density at radius 1 is 1.43 bits per heavy atom. The van der Waals surface area contributed by atoms with Gasteiger partial charge in [-0.15, -0.1) is 5.10 Å². The quantitative estimate of drug-likeness (QED) is 0.723. The van der Waals surface area contributed by atoms with Crippen LogP contribution in [0.3, 0.4) is 0 Å². The summed E-state index contributed by atoms with van der Waals surface area (Å²) in [5.41, 5.74) is 2.02. The molecule has 0 radical (unpaired) electrons. The normalized spacial score (nSPS) is 10.4. The Balaban J connectivity index is 2.31. The summed E-state index contributed by atoms with van der Waals surface area (Å²) >= 11 is 0. The van der Waals surface area contributed by atoms with Gasteiger partial charge in [0.2, 0.25) is 0 Å². The van der Waals surface area contributed by atoms with Crippen molar-refractivity contribution in [2.45, 2.75) is 19.8 Å². The molecule has 72 valence electrons. The third-order valence-corrected chi connectivity index (χ3v) is 1.92. The van der Waals surface area contributed by atoms with Crippen molar-refractivity contribution in [2.75, 3.05) is 0 Å². The van der Waals surface area contributed by atoms with Gasteiger partial charge < -0.3 is 0 Å². The second-order valence-electron chi connectivity index (χ2n) is 3.01. The van der Waals surface area contributed by atoms with Gasteiger partial charge in [-0.1, -0.05) is 13.3 Å². The van der Waals surface area contributed by atoms with E-state index in [2.05, 4.69) is 27.4 Å². The summed E-state index contributed by atoms with van der Waals surface area (Å²) in [5.74, 6) is 0. The molecule has 0 fully saturated rings. The molecule has 2 aromatic rings. The van der Waals surface area contributed by atoms with Crippen molar-refractivity contribution < 1.29 is 0 Å². The summed E-state index contributed by atoms with van der Waals surface area (Å²) in [4.78, 5) is 4.26. The van der Waals surface area contributed by atoms with Crippen LogP contribution in [0, 0.1) is 0 Å². The number of tetrazole rings is 1. The fraction of sp³-hybridized carbons (Fsp3) is 0.333. The van der Waals surface area contributed by atoms with E-state index in [9.17, 15) is 0 Å². The summed E-state index contributed by atoms with van der Waals surface area (Å²) in [6.45, 7) is 2.13. The van der Waals surface area contributed by atoms with Crippen molar-refractivity contribution in [3.8, 4) is 5.69 Å². The molecule has 2 aromatic heterocycles. The molecule has 0 aliphatic rings. The van der Waals surface area contributed by atoms with Crippen LogP contribution in [-0.4, -0.2) is 25.2 Å². The third kappa shape index (κ3) is 1.76. The molecular formula is C9H11N5. The summed E-state index contributed by atoms with van der Waals surface area (Å²) in [5, 5.41) is 11.0. The Kier molecular flexibility index (Phi) is 2.48. The molecule has 0 N–H and O–H groups in total. The molecule has 5 nitrogen and oxygen atoms in total. The molecule has 0 saturated heterocycles. The van der Waals surface area contributed by atoms with Gasteiger partial charge in [0, 0.05) is 11.9 Å². The molecule has 0 aliphatic carbocycles. The summed E-state index contributed by atoms with van der Waals surface area (Å²) in [7, 11) is 0. The minimum Gasteiger partial charge on any atom is -0.261 e. The molecule has 5 heteroatoms. The lowest BCUT2D eigenvalue weighted by atomic mass is 10.2. The van der Waals surface area contributed by atoms with E-state index in [1.54, 1.807) is 17.2 Å². The van der Waals surface area contributed by atoms with E-state index in [0.717, 1.165) is 24.2 Å². The fourth-order valence-electron chi connectivity index (χ4n) is 1.28. The van der Waals surface area contributed by atoms with Gasteiger partial charge in [0.15, 0.2) is 0 Å². The van der Waals surface area contributed by atoms with Gasteiger partial charge in [0.25, 0.3) is 0 Å². The minimum atomic E-state index is 0.952. The van der Waals surface area contributed by atoms with Crippen LogP contribution in [0.4, 0.5) is 0 Å². The van der Waals surface area contributed by atoms with Crippen LogP contribution in [0.2, 0.25) is 0 Å². The van der Waals surface area contributed by atoms with E-state index in [1.807, 2.05) is 12.1 Å². The Hall–Kier alpha value is -1.78. The average molecular weight is 189 g/mol. The SMILES string of the molecule is CCCc1cc(-n2cnnn2)ccn1. The molecule has 2 rings (SSSR count). The Labute approximate surface area is 81.8 Å². The number of hydrogen-bond donors (Lipinski definition) is 0. The first-order chi connectivity index (χ1) is 6.90. The van der Waals surface area contributed by atoms with Crippen molar-refractivity contribution in [3.63, 3.8) is 0 Å². The average Bonchev–Trinajstić information content (AvgIpc) is 2.71. The summed E-state index contributed by atoms with van der Waals surface area (Å²) in [6, 6.07) is 3.88. The fourth-order valence-corrected chi connectivity index (χ4v) is 1.28. The molecular weight excluding hydrogens is 178 g/mol. The van der Waals surface area contributed by atoms with Crippen molar-refractivity contribution >= 4 is 0 Å². The van der Waals surface area contributed by atoms with E-state index in [4.69, 9.17) is 0 Å². The second-order valence-corrected chi connectivity index (χ2v) is 3.01. The first-order valence-corrected chi connectivity index (χ1v) is 4.58. The molecule has 0 saturated carbocycles. The standard InChI is InChI=1S/C9H11N5/c1-2-3-8-6-9(4-5-10-8)14-7-11-12-13-14/h4-7H,2-3H2,1H3. The lowest BCUT2D eigenvalue weighted by Gasteiger charge is -2.01. The van der Waals surface area contributed by atoms with E-state index in [-0.39, 0.29) is 0 Å².